The third-order valence-corrected chi connectivity index (χ3v) is 4.27. The molecule has 1 fully saturated rings. The van der Waals surface area contributed by atoms with Gasteiger partial charge in [-0.05, 0) is 57.4 Å². The Morgan fingerprint density at radius 2 is 2.13 bits per heavy atom. The van der Waals surface area contributed by atoms with Gasteiger partial charge in [0.05, 0.1) is 0 Å². The van der Waals surface area contributed by atoms with Gasteiger partial charge in [0.2, 0.25) is 0 Å². The van der Waals surface area contributed by atoms with Crippen molar-refractivity contribution in [1.29, 1.82) is 0 Å². The van der Waals surface area contributed by atoms with Gasteiger partial charge in [0.25, 0.3) is 0 Å². The highest BCUT2D eigenvalue weighted by Gasteiger charge is 2.27. The van der Waals surface area contributed by atoms with E-state index in [1.54, 1.807) is 17.0 Å². The molecule has 0 spiro atoms. The standard InChI is InChI=1S/C17H24Cl2N2O2/c1-17(2,3)23-16(22)21-8-4-5-14(11-21)20-10-12-9-13(18)6-7-15(12)19/h6-7,9,14,20H,4-5,8,10-11H2,1-3H3. The molecule has 0 aliphatic carbocycles. The van der Waals surface area contributed by atoms with Gasteiger partial charge in [0.15, 0.2) is 0 Å². The van der Waals surface area contributed by atoms with E-state index in [2.05, 4.69) is 5.32 Å². The molecule has 1 atom stereocenters. The topological polar surface area (TPSA) is 41.6 Å². The van der Waals surface area contributed by atoms with Crippen LogP contribution < -0.4 is 5.32 Å². The minimum atomic E-state index is -0.466. The lowest BCUT2D eigenvalue weighted by Crippen LogP contribution is -2.49. The first kappa shape index (κ1) is 18.4. The number of carbonyl (C=O) groups excluding carboxylic acids is 1. The monoisotopic (exact) mass is 358 g/mol. The Kier molecular flexibility index (Phi) is 6.18. The SMILES string of the molecule is CC(C)(C)OC(=O)N1CCCC(NCc2cc(Cl)ccc2Cl)C1. The van der Waals surface area contributed by atoms with Crippen LogP contribution in [-0.4, -0.2) is 35.7 Å². The molecule has 1 amide bonds. The van der Waals surface area contributed by atoms with Crippen LogP contribution in [0.3, 0.4) is 0 Å². The summed E-state index contributed by atoms with van der Waals surface area (Å²) in [5.74, 6) is 0. The number of likely N-dealkylation sites (tertiary alicyclic amines) is 1. The smallest absolute Gasteiger partial charge is 0.410 e. The average molecular weight is 359 g/mol. The number of hydrogen-bond acceptors (Lipinski definition) is 3. The lowest BCUT2D eigenvalue weighted by atomic mass is 10.1. The lowest BCUT2D eigenvalue weighted by molar-refractivity contribution is 0.0187. The van der Waals surface area contributed by atoms with E-state index in [1.807, 2.05) is 26.8 Å². The minimum absolute atomic E-state index is 0.228. The van der Waals surface area contributed by atoms with E-state index in [0.29, 0.717) is 23.1 Å². The van der Waals surface area contributed by atoms with Gasteiger partial charge in [0.1, 0.15) is 5.60 Å². The molecule has 1 aliphatic rings. The predicted octanol–water partition coefficient (Wildman–Crippen LogP) is 4.48. The first-order chi connectivity index (χ1) is 10.7. The van der Waals surface area contributed by atoms with E-state index in [0.717, 1.165) is 24.9 Å². The Bertz CT molecular complexity index is 558. The molecular weight excluding hydrogens is 335 g/mol. The molecule has 2 rings (SSSR count). The largest absolute Gasteiger partial charge is 0.444 e. The van der Waals surface area contributed by atoms with Crippen LogP contribution in [-0.2, 0) is 11.3 Å². The van der Waals surface area contributed by atoms with Gasteiger partial charge in [-0.3, -0.25) is 0 Å². The fourth-order valence-electron chi connectivity index (χ4n) is 2.57. The van der Waals surface area contributed by atoms with E-state index < -0.39 is 5.60 Å². The maximum atomic E-state index is 12.2. The summed E-state index contributed by atoms with van der Waals surface area (Å²) >= 11 is 12.2. The van der Waals surface area contributed by atoms with Crippen LogP contribution in [0.1, 0.15) is 39.2 Å². The van der Waals surface area contributed by atoms with Crippen LogP contribution in [0.25, 0.3) is 0 Å². The fraction of sp³-hybridized carbons (Fsp3) is 0.588. The van der Waals surface area contributed by atoms with Crippen molar-refractivity contribution in [2.24, 2.45) is 0 Å². The zero-order chi connectivity index (χ0) is 17.0. The fourth-order valence-corrected chi connectivity index (χ4v) is 2.95. The number of carbonyl (C=O) groups is 1. The Morgan fingerprint density at radius 1 is 1.39 bits per heavy atom. The second kappa shape index (κ2) is 7.73. The first-order valence-corrected chi connectivity index (χ1v) is 8.65. The quantitative estimate of drug-likeness (QED) is 0.865. The summed E-state index contributed by atoms with van der Waals surface area (Å²) in [7, 11) is 0. The van der Waals surface area contributed by atoms with Gasteiger partial charge in [-0.15, -0.1) is 0 Å². The number of piperidine rings is 1. The van der Waals surface area contributed by atoms with Gasteiger partial charge in [-0.25, -0.2) is 4.79 Å². The number of halogens is 2. The van der Waals surface area contributed by atoms with Crippen molar-refractivity contribution in [2.45, 2.75) is 51.8 Å². The summed E-state index contributed by atoms with van der Waals surface area (Å²) < 4.78 is 5.44. The highest BCUT2D eigenvalue weighted by molar-refractivity contribution is 6.33. The summed E-state index contributed by atoms with van der Waals surface area (Å²) in [5, 5.41) is 4.83. The van der Waals surface area contributed by atoms with Crippen LogP contribution in [0.4, 0.5) is 4.79 Å². The maximum absolute atomic E-state index is 12.2. The van der Waals surface area contributed by atoms with Gasteiger partial charge < -0.3 is 15.0 Å². The van der Waals surface area contributed by atoms with E-state index in [4.69, 9.17) is 27.9 Å². The number of ether oxygens (including phenoxy) is 1. The predicted molar refractivity (Wildman–Crippen MR) is 94.1 cm³/mol. The van der Waals surface area contributed by atoms with Crippen LogP contribution in [0.2, 0.25) is 10.0 Å². The van der Waals surface area contributed by atoms with E-state index >= 15 is 0 Å². The highest BCUT2D eigenvalue weighted by atomic mass is 35.5. The van der Waals surface area contributed by atoms with Crippen molar-refractivity contribution in [3.05, 3.63) is 33.8 Å². The highest BCUT2D eigenvalue weighted by Crippen LogP contribution is 2.21. The molecular formula is C17H24Cl2N2O2. The summed E-state index contributed by atoms with van der Waals surface area (Å²) in [4.78, 5) is 13.9. The third-order valence-electron chi connectivity index (χ3n) is 3.66. The molecule has 1 unspecified atom stereocenters. The van der Waals surface area contributed by atoms with Crippen molar-refractivity contribution >= 4 is 29.3 Å². The summed E-state index contributed by atoms with van der Waals surface area (Å²) in [6.45, 7) is 7.66. The molecule has 1 aromatic carbocycles. The average Bonchev–Trinajstić information content (AvgIpc) is 2.47. The second-order valence-corrected chi connectivity index (χ2v) is 7.73. The summed E-state index contributed by atoms with van der Waals surface area (Å²) in [5.41, 5.74) is 0.500. The number of hydrogen-bond donors (Lipinski definition) is 1. The van der Waals surface area contributed by atoms with Gasteiger partial charge in [-0.2, -0.15) is 0 Å². The van der Waals surface area contributed by atoms with Crippen molar-refractivity contribution in [3.8, 4) is 0 Å². The Hall–Kier alpha value is -0.970. The van der Waals surface area contributed by atoms with Crippen LogP contribution >= 0.6 is 23.2 Å². The molecule has 0 aromatic heterocycles. The Labute approximate surface area is 148 Å². The minimum Gasteiger partial charge on any atom is -0.444 e. The number of rotatable bonds is 3. The molecule has 0 bridgehead atoms. The molecule has 1 N–H and O–H groups in total. The van der Waals surface area contributed by atoms with Crippen molar-refractivity contribution < 1.29 is 9.53 Å². The number of amides is 1. The molecule has 1 aromatic rings. The Balaban J connectivity index is 1.89. The second-order valence-electron chi connectivity index (χ2n) is 6.88. The van der Waals surface area contributed by atoms with Crippen molar-refractivity contribution in [1.82, 2.24) is 10.2 Å². The van der Waals surface area contributed by atoms with Crippen molar-refractivity contribution in [3.63, 3.8) is 0 Å². The van der Waals surface area contributed by atoms with Crippen molar-refractivity contribution in [2.75, 3.05) is 13.1 Å². The van der Waals surface area contributed by atoms with Crippen LogP contribution in [0.15, 0.2) is 18.2 Å². The molecule has 4 nitrogen and oxygen atoms in total. The van der Waals surface area contributed by atoms with Gasteiger partial charge in [0, 0.05) is 35.7 Å². The molecule has 0 saturated carbocycles. The molecule has 0 radical (unpaired) electrons. The molecule has 128 valence electrons. The first-order valence-electron chi connectivity index (χ1n) is 7.90. The van der Waals surface area contributed by atoms with Gasteiger partial charge in [-0.1, -0.05) is 23.2 Å². The zero-order valence-electron chi connectivity index (χ0n) is 13.9. The van der Waals surface area contributed by atoms with E-state index in [-0.39, 0.29) is 12.1 Å². The summed E-state index contributed by atoms with van der Waals surface area (Å²) in [6, 6.07) is 5.67. The molecule has 23 heavy (non-hydrogen) atoms. The Morgan fingerprint density at radius 3 is 2.83 bits per heavy atom. The molecule has 6 heteroatoms. The van der Waals surface area contributed by atoms with E-state index in [9.17, 15) is 4.79 Å². The lowest BCUT2D eigenvalue weighted by Gasteiger charge is -2.34. The number of benzene rings is 1. The van der Waals surface area contributed by atoms with Crippen LogP contribution in [0, 0.1) is 0 Å². The summed E-state index contributed by atoms with van der Waals surface area (Å²) in [6.07, 6.45) is 1.74. The number of nitrogens with zero attached hydrogens (tertiary/aromatic N) is 1. The van der Waals surface area contributed by atoms with Crippen LogP contribution in [0.5, 0.6) is 0 Å². The molecule has 1 aliphatic heterocycles. The maximum Gasteiger partial charge on any atom is 0.410 e. The normalized spacial score (nSPS) is 18.8. The van der Waals surface area contributed by atoms with E-state index in [1.165, 1.54) is 0 Å². The third kappa shape index (κ3) is 5.87. The zero-order valence-corrected chi connectivity index (χ0v) is 15.4. The van der Waals surface area contributed by atoms with Gasteiger partial charge >= 0.3 is 6.09 Å². The molecule has 1 saturated heterocycles. The molecule has 1 heterocycles. The number of nitrogens with one attached hydrogen (secondary N) is 1.